The van der Waals surface area contributed by atoms with Gasteiger partial charge in [0.1, 0.15) is 6.54 Å². The van der Waals surface area contributed by atoms with Crippen LogP contribution in [0.3, 0.4) is 0 Å². The molecule has 2 aromatic carbocycles. The number of carbonyl (C=O) groups is 3. The highest BCUT2D eigenvalue weighted by atomic mass is 16.4. The Kier molecular flexibility index (Phi) is 5.89. The number of amides is 2. The van der Waals surface area contributed by atoms with E-state index in [0.717, 1.165) is 16.7 Å². The van der Waals surface area contributed by atoms with Gasteiger partial charge in [0.15, 0.2) is 0 Å². The lowest BCUT2D eigenvalue weighted by atomic mass is 10.0. The van der Waals surface area contributed by atoms with Gasteiger partial charge in [0.25, 0.3) is 5.91 Å². The quantitative estimate of drug-likeness (QED) is 0.752. The lowest BCUT2D eigenvalue weighted by Crippen LogP contribution is -2.29. The normalized spacial score (nSPS) is 10.2. The molecule has 0 spiro atoms. The Hall–Kier alpha value is -3.15. The van der Waals surface area contributed by atoms with Crippen LogP contribution in [-0.4, -0.2) is 29.4 Å². The van der Waals surface area contributed by atoms with Crippen molar-refractivity contribution >= 4 is 23.5 Å². The number of nitrogens with one attached hydrogen (secondary N) is 2. The van der Waals surface area contributed by atoms with E-state index >= 15 is 0 Å². The summed E-state index contributed by atoms with van der Waals surface area (Å²) in [5, 5.41) is 13.6. The maximum atomic E-state index is 12.2. The van der Waals surface area contributed by atoms with Crippen LogP contribution in [0.15, 0.2) is 42.5 Å². The molecule has 0 saturated carbocycles. The molecular formula is C19H20N2O4. The summed E-state index contributed by atoms with van der Waals surface area (Å²) in [4.78, 5) is 34.4. The van der Waals surface area contributed by atoms with Crippen LogP contribution in [0.4, 0.5) is 5.69 Å². The second-order valence-electron chi connectivity index (χ2n) is 5.81. The average Bonchev–Trinajstić information content (AvgIpc) is 2.56. The maximum absolute atomic E-state index is 12.2. The fraction of sp³-hybridized carbons (Fsp3) is 0.211. The molecule has 2 rings (SSSR count). The first kappa shape index (κ1) is 18.2. The highest BCUT2D eigenvalue weighted by molar-refractivity contribution is 5.97. The zero-order valence-corrected chi connectivity index (χ0v) is 14.1. The van der Waals surface area contributed by atoms with Crippen LogP contribution in [0.2, 0.25) is 0 Å². The predicted octanol–water partition coefficient (Wildman–Crippen LogP) is 2.30. The minimum Gasteiger partial charge on any atom is -0.480 e. The van der Waals surface area contributed by atoms with Crippen molar-refractivity contribution in [3.8, 4) is 0 Å². The van der Waals surface area contributed by atoms with E-state index in [1.165, 1.54) is 12.1 Å². The van der Waals surface area contributed by atoms with Gasteiger partial charge < -0.3 is 15.7 Å². The molecule has 25 heavy (non-hydrogen) atoms. The number of carboxylic acid groups (broad SMARTS) is 1. The molecule has 2 aromatic rings. The number of anilines is 1. The molecule has 0 atom stereocenters. The molecule has 6 nitrogen and oxygen atoms in total. The molecule has 0 saturated heterocycles. The zero-order valence-electron chi connectivity index (χ0n) is 14.1. The van der Waals surface area contributed by atoms with Crippen LogP contribution in [-0.2, 0) is 16.0 Å². The number of rotatable bonds is 6. The van der Waals surface area contributed by atoms with Gasteiger partial charge in [-0.05, 0) is 49.2 Å². The van der Waals surface area contributed by atoms with Crippen LogP contribution in [0.1, 0.15) is 27.0 Å². The van der Waals surface area contributed by atoms with Gasteiger partial charge in [-0.2, -0.15) is 0 Å². The van der Waals surface area contributed by atoms with Crippen molar-refractivity contribution in [3.63, 3.8) is 0 Å². The topological polar surface area (TPSA) is 95.5 Å². The van der Waals surface area contributed by atoms with Gasteiger partial charge in [-0.3, -0.25) is 14.4 Å². The molecule has 2 amide bonds. The molecule has 0 bridgehead atoms. The second kappa shape index (κ2) is 8.10. The molecular weight excluding hydrogens is 320 g/mol. The molecule has 0 heterocycles. The van der Waals surface area contributed by atoms with E-state index in [-0.39, 0.29) is 12.3 Å². The van der Waals surface area contributed by atoms with Crippen molar-refractivity contribution in [2.45, 2.75) is 20.3 Å². The molecule has 0 fully saturated rings. The predicted molar refractivity (Wildman–Crippen MR) is 94.7 cm³/mol. The number of hydrogen-bond donors (Lipinski definition) is 3. The van der Waals surface area contributed by atoms with Crippen molar-refractivity contribution in [2.24, 2.45) is 0 Å². The van der Waals surface area contributed by atoms with Crippen molar-refractivity contribution < 1.29 is 19.5 Å². The zero-order chi connectivity index (χ0) is 18.4. The first-order valence-electron chi connectivity index (χ1n) is 7.81. The smallest absolute Gasteiger partial charge is 0.322 e. The number of aliphatic carboxylic acids is 1. The van der Waals surface area contributed by atoms with Crippen LogP contribution in [0.5, 0.6) is 0 Å². The summed E-state index contributed by atoms with van der Waals surface area (Å²) in [6.45, 7) is 3.51. The number of hydrogen-bond acceptors (Lipinski definition) is 3. The molecule has 0 unspecified atom stereocenters. The summed E-state index contributed by atoms with van der Waals surface area (Å²) in [5.41, 5.74) is 4.04. The summed E-state index contributed by atoms with van der Waals surface area (Å²) in [7, 11) is 0. The number of carbonyl (C=O) groups excluding carboxylic acids is 2. The summed E-state index contributed by atoms with van der Waals surface area (Å²) in [6, 6.07) is 12.3. The van der Waals surface area contributed by atoms with Crippen LogP contribution in [0, 0.1) is 13.8 Å². The number of benzene rings is 2. The van der Waals surface area contributed by atoms with E-state index in [4.69, 9.17) is 5.11 Å². The minimum absolute atomic E-state index is 0.142. The lowest BCUT2D eigenvalue weighted by molar-refractivity contribution is -0.135. The average molecular weight is 340 g/mol. The lowest BCUT2D eigenvalue weighted by Gasteiger charge is -2.09. The maximum Gasteiger partial charge on any atom is 0.322 e. The van der Waals surface area contributed by atoms with Crippen LogP contribution < -0.4 is 10.6 Å². The van der Waals surface area contributed by atoms with Crippen LogP contribution >= 0.6 is 0 Å². The summed E-state index contributed by atoms with van der Waals surface area (Å²) in [6.07, 6.45) is 0.272. The Morgan fingerprint density at radius 3 is 2.32 bits per heavy atom. The molecule has 3 N–H and O–H groups in total. The molecule has 0 aromatic heterocycles. The first-order chi connectivity index (χ1) is 11.8. The van der Waals surface area contributed by atoms with E-state index in [1.54, 1.807) is 12.1 Å². The van der Waals surface area contributed by atoms with Crippen LogP contribution in [0.25, 0.3) is 0 Å². The van der Waals surface area contributed by atoms with Crippen molar-refractivity contribution in [1.29, 1.82) is 0 Å². The number of carboxylic acids is 1. The molecule has 6 heteroatoms. The fourth-order valence-electron chi connectivity index (χ4n) is 2.33. The van der Waals surface area contributed by atoms with Gasteiger partial charge >= 0.3 is 5.97 Å². The molecule has 0 aliphatic carbocycles. The Morgan fingerprint density at radius 2 is 1.68 bits per heavy atom. The van der Waals surface area contributed by atoms with Gasteiger partial charge in [0, 0.05) is 11.3 Å². The Morgan fingerprint density at radius 1 is 1.00 bits per heavy atom. The van der Waals surface area contributed by atoms with E-state index in [9.17, 15) is 14.4 Å². The largest absolute Gasteiger partial charge is 0.480 e. The third-order valence-electron chi connectivity index (χ3n) is 3.69. The third kappa shape index (κ3) is 5.46. The Bertz CT molecular complexity index is 798. The molecule has 130 valence electrons. The highest BCUT2D eigenvalue weighted by Gasteiger charge is 2.09. The van der Waals surface area contributed by atoms with Crippen molar-refractivity contribution in [3.05, 3.63) is 64.7 Å². The van der Waals surface area contributed by atoms with Crippen molar-refractivity contribution in [2.75, 3.05) is 11.9 Å². The fourth-order valence-corrected chi connectivity index (χ4v) is 2.33. The summed E-state index contributed by atoms with van der Waals surface area (Å²) in [5.74, 6) is -1.73. The molecule has 0 radical (unpaired) electrons. The Balaban J connectivity index is 1.96. The Labute approximate surface area is 145 Å². The molecule has 0 aliphatic heterocycles. The third-order valence-corrected chi connectivity index (χ3v) is 3.69. The highest BCUT2D eigenvalue weighted by Crippen LogP contribution is 2.14. The van der Waals surface area contributed by atoms with Crippen molar-refractivity contribution in [1.82, 2.24) is 5.32 Å². The summed E-state index contributed by atoms with van der Waals surface area (Å²) < 4.78 is 0. The second-order valence-corrected chi connectivity index (χ2v) is 5.81. The SMILES string of the molecule is Cc1ccc(C)c(CC(=O)Nc2ccc(C(=O)NCC(=O)O)cc2)c1. The van der Waals surface area contributed by atoms with E-state index in [2.05, 4.69) is 10.6 Å². The van der Waals surface area contributed by atoms with Gasteiger partial charge in [0.05, 0.1) is 6.42 Å². The summed E-state index contributed by atoms with van der Waals surface area (Å²) >= 11 is 0. The van der Waals surface area contributed by atoms with Gasteiger partial charge in [0.2, 0.25) is 5.91 Å². The number of aryl methyl sites for hydroxylation is 2. The van der Waals surface area contributed by atoms with E-state index in [1.807, 2.05) is 32.0 Å². The first-order valence-corrected chi connectivity index (χ1v) is 7.81. The monoisotopic (exact) mass is 340 g/mol. The minimum atomic E-state index is -1.11. The molecule has 0 aliphatic rings. The van der Waals surface area contributed by atoms with E-state index < -0.39 is 18.4 Å². The van der Waals surface area contributed by atoms with Gasteiger partial charge in [-0.1, -0.05) is 23.8 Å². The van der Waals surface area contributed by atoms with Gasteiger partial charge in [-0.15, -0.1) is 0 Å². The van der Waals surface area contributed by atoms with E-state index in [0.29, 0.717) is 11.3 Å². The van der Waals surface area contributed by atoms with Gasteiger partial charge in [-0.25, -0.2) is 0 Å². The standard InChI is InChI=1S/C19H20N2O4/c1-12-3-4-13(2)15(9-12)10-17(22)21-16-7-5-14(6-8-16)19(25)20-11-18(23)24/h3-9H,10-11H2,1-2H3,(H,20,25)(H,21,22)(H,23,24).